The van der Waals surface area contributed by atoms with E-state index in [9.17, 15) is 0 Å². The zero-order chi connectivity index (χ0) is 10.8. The van der Waals surface area contributed by atoms with E-state index in [1.165, 1.54) is 0 Å². The molecule has 0 aliphatic rings. The number of hydrogen-bond donors (Lipinski definition) is 1. The second-order valence-electron chi connectivity index (χ2n) is 3.18. The smallest absolute Gasteiger partial charge is 0.226 e. The lowest BCUT2D eigenvalue weighted by Gasteiger charge is -1.97. The summed E-state index contributed by atoms with van der Waals surface area (Å²) in [5.41, 5.74) is 6.37. The van der Waals surface area contributed by atoms with Crippen LogP contribution in [0, 0.1) is 6.92 Å². The molecule has 0 bridgehead atoms. The van der Waals surface area contributed by atoms with Gasteiger partial charge < -0.3 is 10.3 Å². The van der Waals surface area contributed by atoms with Gasteiger partial charge in [0.05, 0.1) is 5.69 Å². The Balaban J connectivity index is 2.18. The molecule has 2 N–H and O–H groups in total. The molecule has 0 amide bonds. The van der Waals surface area contributed by atoms with Crippen LogP contribution in [0.2, 0.25) is 0 Å². The van der Waals surface area contributed by atoms with E-state index in [1.54, 1.807) is 4.68 Å². The van der Waals surface area contributed by atoms with Crippen molar-refractivity contribution in [3.63, 3.8) is 0 Å². The minimum absolute atomic E-state index is 0.425. The van der Waals surface area contributed by atoms with Crippen LogP contribution < -0.4 is 5.73 Å². The number of aryl methyl sites for hydroxylation is 1. The van der Waals surface area contributed by atoms with Gasteiger partial charge in [-0.3, -0.25) is 0 Å². The number of rotatable bonds is 3. The molecule has 0 saturated carbocycles. The normalized spacial score (nSPS) is 10.8. The fourth-order valence-corrected chi connectivity index (χ4v) is 1.16. The third-order valence-corrected chi connectivity index (χ3v) is 2.12. The Morgan fingerprint density at radius 1 is 1.47 bits per heavy atom. The summed E-state index contributed by atoms with van der Waals surface area (Å²) in [6, 6.07) is 0. The first-order valence-corrected chi connectivity index (χ1v) is 4.67. The maximum Gasteiger partial charge on any atom is 0.226 e. The zero-order valence-corrected chi connectivity index (χ0v) is 8.64. The van der Waals surface area contributed by atoms with E-state index in [4.69, 9.17) is 10.3 Å². The number of anilines is 1. The topological polar surface area (TPSA) is 95.7 Å². The number of aromatic nitrogens is 5. The first kappa shape index (κ1) is 9.63. The Morgan fingerprint density at radius 2 is 2.27 bits per heavy atom. The number of nitrogen functional groups attached to an aromatic ring is 1. The van der Waals surface area contributed by atoms with Gasteiger partial charge >= 0.3 is 0 Å². The first-order chi connectivity index (χ1) is 7.20. The maximum atomic E-state index is 5.57. The van der Waals surface area contributed by atoms with Gasteiger partial charge in [-0.25, -0.2) is 4.68 Å². The summed E-state index contributed by atoms with van der Waals surface area (Å²) in [5, 5.41) is 11.4. The van der Waals surface area contributed by atoms with Crippen molar-refractivity contribution in [2.24, 2.45) is 0 Å². The predicted octanol–water partition coefficient (Wildman–Crippen LogP) is 0.162. The SMILES string of the molecule is CCc1nc(Cn2nnc(N)c2C)no1. The summed E-state index contributed by atoms with van der Waals surface area (Å²) < 4.78 is 6.62. The molecular weight excluding hydrogens is 196 g/mol. The molecule has 80 valence electrons. The second kappa shape index (κ2) is 3.68. The molecule has 0 atom stereocenters. The summed E-state index contributed by atoms with van der Waals surface area (Å²) >= 11 is 0. The van der Waals surface area contributed by atoms with Crippen LogP contribution in [-0.4, -0.2) is 25.1 Å². The lowest BCUT2D eigenvalue weighted by atomic mass is 10.4. The molecule has 15 heavy (non-hydrogen) atoms. The van der Waals surface area contributed by atoms with Crippen LogP contribution in [0.1, 0.15) is 24.3 Å². The van der Waals surface area contributed by atoms with Gasteiger partial charge in [-0.2, -0.15) is 4.98 Å². The van der Waals surface area contributed by atoms with Crippen LogP contribution in [0.5, 0.6) is 0 Å². The molecule has 0 aromatic carbocycles. The number of nitrogens with zero attached hydrogens (tertiary/aromatic N) is 5. The van der Waals surface area contributed by atoms with Gasteiger partial charge in [-0.1, -0.05) is 17.3 Å². The molecule has 0 saturated heterocycles. The summed E-state index contributed by atoms with van der Waals surface area (Å²) in [6.45, 7) is 4.23. The Kier molecular flexibility index (Phi) is 2.36. The van der Waals surface area contributed by atoms with E-state index in [1.807, 2.05) is 13.8 Å². The molecule has 0 radical (unpaired) electrons. The van der Waals surface area contributed by atoms with Gasteiger partial charge in [0.15, 0.2) is 11.6 Å². The largest absolute Gasteiger partial charge is 0.381 e. The standard InChI is InChI=1S/C8H12N6O/c1-3-7-10-6(12-15-7)4-14-5(2)8(9)11-13-14/h3-4,9H2,1-2H3. The Labute approximate surface area is 86.3 Å². The van der Waals surface area contributed by atoms with Crippen LogP contribution >= 0.6 is 0 Å². The van der Waals surface area contributed by atoms with E-state index in [0.717, 1.165) is 12.1 Å². The first-order valence-electron chi connectivity index (χ1n) is 4.67. The summed E-state index contributed by atoms with van der Waals surface area (Å²) in [5.74, 6) is 1.63. The minimum Gasteiger partial charge on any atom is -0.381 e. The van der Waals surface area contributed by atoms with Crippen LogP contribution in [-0.2, 0) is 13.0 Å². The number of hydrogen-bond acceptors (Lipinski definition) is 6. The van der Waals surface area contributed by atoms with Crippen molar-refractivity contribution in [2.75, 3.05) is 5.73 Å². The maximum absolute atomic E-state index is 5.57. The Morgan fingerprint density at radius 3 is 2.80 bits per heavy atom. The third kappa shape index (κ3) is 1.80. The molecule has 0 aliphatic heterocycles. The average Bonchev–Trinajstić information content (AvgIpc) is 2.80. The van der Waals surface area contributed by atoms with E-state index in [2.05, 4.69) is 20.5 Å². The van der Waals surface area contributed by atoms with Crippen LogP contribution in [0.4, 0.5) is 5.82 Å². The second-order valence-corrected chi connectivity index (χ2v) is 3.18. The summed E-state index contributed by atoms with van der Waals surface area (Å²) in [7, 11) is 0. The van der Waals surface area contributed by atoms with Crippen LogP contribution in [0.3, 0.4) is 0 Å². The molecular formula is C8H12N6O. The van der Waals surface area contributed by atoms with Crippen molar-refractivity contribution in [3.8, 4) is 0 Å². The van der Waals surface area contributed by atoms with E-state index < -0.39 is 0 Å². The molecule has 0 fully saturated rings. The van der Waals surface area contributed by atoms with Gasteiger partial charge in [0.25, 0.3) is 0 Å². The predicted molar refractivity (Wildman–Crippen MR) is 51.9 cm³/mol. The molecule has 2 aromatic heterocycles. The zero-order valence-electron chi connectivity index (χ0n) is 8.64. The summed E-state index contributed by atoms with van der Waals surface area (Å²) in [4.78, 5) is 4.17. The van der Waals surface area contributed by atoms with Gasteiger partial charge in [-0.15, -0.1) is 5.10 Å². The molecule has 0 unspecified atom stereocenters. The van der Waals surface area contributed by atoms with Crippen molar-refractivity contribution < 1.29 is 4.52 Å². The quantitative estimate of drug-likeness (QED) is 0.772. The van der Waals surface area contributed by atoms with Crippen LogP contribution in [0.25, 0.3) is 0 Å². The highest BCUT2D eigenvalue weighted by Crippen LogP contribution is 2.07. The molecule has 2 aromatic rings. The van der Waals surface area contributed by atoms with E-state index >= 15 is 0 Å². The van der Waals surface area contributed by atoms with Crippen molar-refractivity contribution in [3.05, 3.63) is 17.4 Å². The molecule has 7 nitrogen and oxygen atoms in total. The van der Waals surface area contributed by atoms with Gasteiger partial charge in [0, 0.05) is 6.42 Å². The van der Waals surface area contributed by atoms with Crippen molar-refractivity contribution >= 4 is 5.82 Å². The lowest BCUT2D eigenvalue weighted by Crippen LogP contribution is -2.05. The molecule has 2 heterocycles. The third-order valence-electron chi connectivity index (χ3n) is 2.12. The van der Waals surface area contributed by atoms with Crippen LogP contribution in [0.15, 0.2) is 4.52 Å². The minimum atomic E-state index is 0.425. The highest BCUT2D eigenvalue weighted by molar-refractivity contribution is 5.31. The van der Waals surface area contributed by atoms with E-state index in [0.29, 0.717) is 24.1 Å². The average molecular weight is 208 g/mol. The lowest BCUT2D eigenvalue weighted by molar-refractivity contribution is 0.374. The van der Waals surface area contributed by atoms with Gasteiger partial charge in [-0.05, 0) is 6.92 Å². The fraction of sp³-hybridized carbons (Fsp3) is 0.500. The highest BCUT2D eigenvalue weighted by atomic mass is 16.5. The molecule has 2 rings (SSSR count). The Hall–Kier alpha value is -1.92. The van der Waals surface area contributed by atoms with Crippen molar-refractivity contribution in [2.45, 2.75) is 26.8 Å². The van der Waals surface area contributed by atoms with Crippen molar-refractivity contribution in [1.82, 2.24) is 25.1 Å². The summed E-state index contributed by atoms with van der Waals surface area (Å²) in [6.07, 6.45) is 0.728. The number of nitrogens with two attached hydrogens (primary N) is 1. The molecule has 7 heteroatoms. The fourth-order valence-electron chi connectivity index (χ4n) is 1.16. The molecule has 0 aliphatic carbocycles. The van der Waals surface area contributed by atoms with Crippen molar-refractivity contribution in [1.29, 1.82) is 0 Å². The van der Waals surface area contributed by atoms with E-state index in [-0.39, 0.29) is 0 Å². The van der Waals surface area contributed by atoms with Gasteiger partial charge in [0.2, 0.25) is 5.89 Å². The monoisotopic (exact) mass is 208 g/mol. The van der Waals surface area contributed by atoms with Gasteiger partial charge in [0.1, 0.15) is 6.54 Å². The Bertz CT molecular complexity index is 459. The highest BCUT2D eigenvalue weighted by Gasteiger charge is 2.09. The molecule has 0 spiro atoms.